The van der Waals surface area contributed by atoms with Gasteiger partial charge in [0.25, 0.3) is 0 Å². The molecule has 0 aromatic carbocycles. The van der Waals surface area contributed by atoms with Crippen molar-refractivity contribution in [1.82, 2.24) is 0 Å². The van der Waals surface area contributed by atoms with Crippen molar-refractivity contribution in [1.29, 1.82) is 0 Å². The Labute approximate surface area is 110 Å². The molecule has 0 spiro atoms. The van der Waals surface area contributed by atoms with Crippen molar-refractivity contribution >= 4 is 11.8 Å². The number of ketones is 1. The number of Topliss-reactive ketones (excluding diaryl/α,β-unsaturated/α-hetero) is 1. The van der Waals surface area contributed by atoms with Crippen LogP contribution in [0.2, 0.25) is 0 Å². The summed E-state index contributed by atoms with van der Waals surface area (Å²) >= 11 is 0. The van der Waals surface area contributed by atoms with E-state index in [1.54, 1.807) is 6.92 Å². The molecule has 0 bridgehead atoms. The number of aliphatic carboxylic acids is 1. The van der Waals surface area contributed by atoms with E-state index in [1.165, 1.54) is 5.57 Å². The minimum atomic E-state index is -1.01. The minimum Gasteiger partial charge on any atom is -0.481 e. The molecule has 0 aliphatic carbocycles. The number of carboxylic acids is 1. The average Bonchev–Trinajstić information content (AvgIpc) is 2.27. The highest BCUT2D eigenvalue weighted by Gasteiger charge is 2.23. The Morgan fingerprint density at radius 3 is 2.33 bits per heavy atom. The van der Waals surface area contributed by atoms with Gasteiger partial charge in [-0.15, -0.1) is 0 Å². The van der Waals surface area contributed by atoms with Gasteiger partial charge in [0.2, 0.25) is 0 Å². The molecule has 0 rings (SSSR count). The predicted octanol–water partition coefficient (Wildman–Crippen LogP) is 3.75. The van der Waals surface area contributed by atoms with Gasteiger partial charge < -0.3 is 5.11 Å². The van der Waals surface area contributed by atoms with Crippen molar-refractivity contribution in [2.45, 2.75) is 52.9 Å². The highest BCUT2D eigenvalue weighted by molar-refractivity contribution is 5.97. The Hall–Kier alpha value is -1.38. The summed E-state index contributed by atoms with van der Waals surface area (Å²) in [6.07, 6.45) is 5.19. The molecule has 3 nitrogen and oxygen atoms in total. The topological polar surface area (TPSA) is 54.4 Å². The fourth-order valence-electron chi connectivity index (χ4n) is 1.71. The summed E-state index contributed by atoms with van der Waals surface area (Å²) in [4.78, 5) is 22.4. The van der Waals surface area contributed by atoms with Crippen LogP contribution in [0.5, 0.6) is 0 Å². The first-order valence-corrected chi connectivity index (χ1v) is 6.44. The summed E-state index contributed by atoms with van der Waals surface area (Å²) in [6.45, 7) is 9.72. The van der Waals surface area contributed by atoms with Crippen molar-refractivity contribution in [3.05, 3.63) is 23.8 Å². The van der Waals surface area contributed by atoms with Gasteiger partial charge in [0, 0.05) is 6.42 Å². The van der Waals surface area contributed by atoms with Gasteiger partial charge in [-0.3, -0.25) is 9.59 Å². The number of hydrogen-bond acceptors (Lipinski definition) is 2. The zero-order valence-electron chi connectivity index (χ0n) is 11.7. The largest absolute Gasteiger partial charge is 0.481 e. The van der Waals surface area contributed by atoms with Gasteiger partial charge in [-0.05, 0) is 39.5 Å². The summed E-state index contributed by atoms with van der Waals surface area (Å²) in [6, 6.07) is 0. The van der Waals surface area contributed by atoms with E-state index < -0.39 is 11.9 Å². The molecule has 0 saturated heterocycles. The van der Waals surface area contributed by atoms with Gasteiger partial charge in [0.05, 0.1) is 0 Å². The van der Waals surface area contributed by atoms with Crippen LogP contribution in [0, 0.1) is 5.92 Å². The number of carbonyl (C=O) groups is 2. The van der Waals surface area contributed by atoms with E-state index in [0.29, 0.717) is 12.8 Å². The smallest absolute Gasteiger partial charge is 0.314 e. The molecule has 0 aromatic rings. The van der Waals surface area contributed by atoms with Crippen molar-refractivity contribution in [2.24, 2.45) is 5.92 Å². The molecule has 3 heteroatoms. The average molecular weight is 252 g/mol. The summed E-state index contributed by atoms with van der Waals surface area (Å²) in [5.74, 6) is -2.08. The van der Waals surface area contributed by atoms with Crippen LogP contribution in [0.15, 0.2) is 23.8 Å². The number of hydrogen-bond donors (Lipinski definition) is 1. The van der Waals surface area contributed by atoms with Crippen LogP contribution in [0.3, 0.4) is 0 Å². The third-order valence-corrected chi connectivity index (χ3v) is 2.87. The Morgan fingerprint density at radius 2 is 1.89 bits per heavy atom. The molecule has 0 fully saturated rings. The molecular formula is C15H24O3. The number of carbonyl (C=O) groups excluding carboxylic acids is 1. The first kappa shape index (κ1) is 16.6. The van der Waals surface area contributed by atoms with Crippen LogP contribution < -0.4 is 0 Å². The van der Waals surface area contributed by atoms with E-state index in [4.69, 9.17) is 5.11 Å². The zero-order valence-corrected chi connectivity index (χ0v) is 11.7. The van der Waals surface area contributed by atoms with Crippen LogP contribution >= 0.6 is 0 Å². The maximum Gasteiger partial charge on any atom is 0.314 e. The van der Waals surface area contributed by atoms with E-state index in [1.807, 2.05) is 13.8 Å². The zero-order chi connectivity index (χ0) is 14.1. The van der Waals surface area contributed by atoms with Crippen LogP contribution in [0.4, 0.5) is 0 Å². The van der Waals surface area contributed by atoms with E-state index >= 15 is 0 Å². The second kappa shape index (κ2) is 8.67. The van der Waals surface area contributed by atoms with E-state index in [0.717, 1.165) is 18.4 Å². The van der Waals surface area contributed by atoms with Crippen LogP contribution in [0.25, 0.3) is 0 Å². The molecule has 18 heavy (non-hydrogen) atoms. The molecule has 0 aromatic heterocycles. The number of rotatable bonds is 9. The second-order valence-corrected chi connectivity index (χ2v) is 4.82. The molecule has 102 valence electrons. The molecule has 0 radical (unpaired) electrons. The second-order valence-electron chi connectivity index (χ2n) is 4.82. The Bertz CT molecular complexity index is 336. The van der Waals surface area contributed by atoms with Crippen molar-refractivity contribution in [2.75, 3.05) is 0 Å². The minimum absolute atomic E-state index is 0.195. The number of carboxylic acid groups (broad SMARTS) is 1. The molecular weight excluding hydrogens is 228 g/mol. The maximum absolute atomic E-state index is 11.4. The van der Waals surface area contributed by atoms with Crippen LogP contribution in [0.1, 0.15) is 52.9 Å². The lowest BCUT2D eigenvalue weighted by Crippen LogP contribution is -2.23. The van der Waals surface area contributed by atoms with Gasteiger partial charge in [0.1, 0.15) is 11.7 Å². The van der Waals surface area contributed by atoms with Crippen LogP contribution in [-0.2, 0) is 9.59 Å². The highest BCUT2D eigenvalue weighted by atomic mass is 16.4. The highest BCUT2D eigenvalue weighted by Crippen LogP contribution is 2.17. The molecule has 0 aliphatic rings. The molecule has 0 aliphatic heterocycles. The molecule has 0 heterocycles. The first-order chi connectivity index (χ1) is 8.38. The SMILES string of the molecule is C=C(CCC=C(C)C)CCC(C(=O)O)C(=O)CC. The number of allylic oxidation sites excluding steroid dienone is 3. The Balaban J connectivity index is 4.12. The lowest BCUT2D eigenvalue weighted by Gasteiger charge is -2.11. The van der Waals surface area contributed by atoms with Crippen molar-refractivity contribution in [3.63, 3.8) is 0 Å². The van der Waals surface area contributed by atoms with Crippen molar-refractivity contribution < 1.29 is 14.7 Å². The van der Waals surface area contributed by atoms with Gasteiger partial charge in [-0.2, -0.15) is 0 Å². The Kier molecular flexibility index (Phi) is 8.01. The monoisotopic (exact) mass is 252 g/mol. The van der Waals surface area contributed by atoms with E-state index in [2.05, 4.69) is 12.7 Å². The molecule has 0 saturated carbocycles. The molecule has 1 N–H and O–H groups in total. The van der Waals surface area contributed by atoms with Gasteiger partial charge >= 0.3 is 5.97 Å². The molecule has 1 atom stereocenters. The fraction of sp³-hybridized carbons (Fsp3) is 0.600. The summed E-state index contributed by atoms with van der Waals surface area (Å²) in [5, 5.41) is 8.98. The van der Waals surface area contributed by atoms with Gasteiger partial charge in [0.15, 0.2) is 0 Å². The standard InChI is InChI=1S/C15H24O3/c1-5-14(16)13(15(17)18)10-9-12(4)8-6-7-11(2)3/h7,13H,4-6,8-10H2,1-3H3,(H,17,18). The summed E-state index contributed by atoms with van der Waals surface area (Å²) in [5.41, 5.74) is 2.29. The van der Waals surface area contributed by atoms with E-state index in [-0.39, 0.29) is 12.2 Å². The van der Waals surface area contributed by atoms with Gasteiger partial charge in [-0.1, -0.05) is 30.7 Å². The lowest BCUT2D eigenvalue weighted by atomic mass is 9.93. The van der Waals surface area contributed by atoms with Crippen molar-refractivity contribution in [3.8, 4) is 0 Å². The third kappa shape index (κ3) is 7.05. The fourth-order valence-corrected chi connectivity index (χ4v) is 1.71. The Morgan fingerprint density at radius 1 is 1.28 bits per heavy atom. The molecule has 0 amide bonds. The van der Waals surface area contributed by atoms with E-state index in [9.17, 15) is 9.59 Å². The summed E-state index contributed by atoms with van der Waals surface area (Å²) in [7, 11) is 0. The predicted molar refractivity (Wildman–Crippen MR) is 73.5 cm³/mol. The molecule has 1 unspecified atom stereocenters. The quantitative estimate of drug-likeness (QED) is 0.502. The van der Waals surface area contributed by atoms with Crippen LogP contribution in [-0.4, -0.2) is 16.9 Å². The lowest BCUT2D eigenvalue weighted by molar-refractivity contribution is -0.146. The maximum atomic E-state index is 11.4. The third-order valence-electron chi connectivity index (χ3n) is 2.87. The summed E-state index contributed by atoms with van der Waals surface area (Å²) < 4.78 is 0. The first-order valence-electron chi connectivity index (χ1n) is 6.44. The normalized spacial score (nSPS) is 11.7. The van der Waals surface area contributed by atoms with Gasteiger partial charge in [-0.25, -0.2) is 0 Å².